The van der Waals surface area contributed by atoms with Gasteiger partial charge in [0.1, 0.15) is 5.82 Å². The first kappa shape index (κ1) is 40.0. The van der Waals surface area contributed by atoms with Crippen molar-refractivity contribution >= 4 is 32.8 Å². The summed E-state index contributed by atoms with van der Waals surface area (Å²) in [5, 5.41) is 2.23. The number of hydrogen-bond acceptors (Lipinski definition) is 2. The van der Waals surface area contributed by atoms with Crippen LogP contribution in [0.1, 0.15) is 77.6 Å². The predicted octanol–water partition coefficient (Wildman–Crippen LogP) is 12.5. The zero-order valence-corrected chi connectivity index (χ0v) is 37.1. The molecule has 0 amide bonds. The first-order valence-corrected chi connectivity index (χ1v) is 20.1. The van der Waals surface area contributed by atoms with E-state index in [0.29, 0.717) is 11.5 Å². The fourth-order valence-electron chi connectivity index (χ4n) is 7.92. The molecule has 298 valence electrons. The summed E-state index contributed by atoms with van der Waals surface area (Å²) in [5.74, 6) is 2.07. The van der Waals surface area contributed by atoms with Crippen LogP contribution in [0.4, 0.5) is 0 Å². The van der Waals surface area contributed by atoms with Crippen LogP contribution in [0.2, 0.25) is 0 Å². The molecule has 0 aliphatic carbocycles. The first-order chi connectivity index (χ1) is 27.8. The Hall–Kier alpha value is -5.77. The molecule has 0 atom stereocenters. The van der Waals surface area contributed by atoms with Crippen LogP contribution in [0, 0.1) is 18.5 Å². The van der Waals surface area contributed by atoms with Crippen LogP contribution < -0.4 is 9.30 Å². The summed E-state index contributed by atoms with van der Waals surface area (Å²) in [6, 6.07) is 56.4. The third-order valence-electron chi connectivity index (χ3n) is 11.4. The second-order valence-electron chi connectivity index (χ2n) is 17.9. The van der Waals surface area contributed by atoms with Crippen LogP contribution >= 0.6 is 0 Å². The second kappa shape index (κ2) is 15.1. The molecule has 0 spiro atoms. The average molecular weight is 952 g/mol. The van der Waals surface area contributed by atoms with E-state index in [4.69, 9.17) is 9.72 Å². The second-order valence-corrected chi connectivity index (χ2v) is 17.9. The Morgan fingerprint density at radius 2 is 1.25 bits per heavy atom. The van der Waals surface area contributed by atoms with Crippen LogP contribution in [0.5, 0.6) is 11.5 Å². The first-order valence-electron chi connectivity index (χ1n) is 20.1. The third-order valence-corrected chi connectivity index (χ3v) is 11.4. The predicted molar refractivity (Wildman–Crippen MR) is 236 cm³/mol. The van der Waals surface area contributed by atoms with Crippen LogP contribution in [0.15, 0.2) is 146 Å². The van der Waals surface area contributed by atoms with Gasteiger partial charge in [-0.3, -0.25) is 4.57 Å². The Morgan fingerprint density at radius 1 is 0.559 bits per heavy atom. The maximum Gasteiger partial charge on any atom is 0.268 e. The molecule has 0 fully saturated rings. The van der Waals surface area contributed by atoms with Gasteiger partial charge in [0, 0.05) is 49.7 Å². The van der Waals surface area contributed by atoms with Crippen molar-refractivity contribution in [2.45, 2.75) is 71.6 Å². The summed E-state index contributed by atoms with van der Waals surface area (Å²) in [6.45, 7) is 17.9. The van der Waals surface area contributed by atoms with E-state index in [2.05, 4.69) is 221 Å². The van der Waals surface area contributed by atoms with E-state index >= 15 is 0 Å². The van der Waals surface area contributed by atoms with Gasteiger partial charge in [-0.25, -0.2) is 4.98 Å². The van der Waals surface area contributed by atoms with Crippen LogP contribution in [-0.4, -0.2) is 14.1 Å². The fourth-order valence-corrected chi connectivity index (χ4v) is 7.92. The van der Waals surface area contributed by atoms with Crippen molar-refractivity contribution in [3.05, 3.63) is 186 Å². The monoisotopic (exact) mass is 951 g/mol. The SMILES string of the molecule is CC(C)(C)c1cc(Oc2[c-]c3c(cc2)c2ccccc2n3-c2cc(C(C)(C)C)ccn2)[c-]c(-n2[c-][n+](-c3cccc(C(C)(C)c4ccccc4)c3)c3ccccc32)c1.[Pt]. The van der Waals surface area contributed by atoms with Gasteiger partial charge in [-0.1, -0.05) is 146 Å². The van der Waals surface area contributed by atoms with Gasteiger partial charge in [0.05, 0.1) is 16.7 Å². The summed E-state index contributed by atoms with van der Waals surface area (Å²) in [6.07, 6.45) is 5.62. The van der Waals surface area contributed by atoms with E-state index in [1.54, 1.807) is 0 Å². The van der Waals surface area contributed by atoms with Gasteiger partial charge in [0.15, 0.2) is 0 Å². The normalized spacial score (nSPS) is 12.3. The maximum absolute atomic E-state index is 6.77. The molecule has 0 saturated heterocycles. The van der Waals surface area contributed by atoms with Gasteiger partial charge in [-0.05, 0) is 68.9 Å². The van der Waals surface area contributed by atoms with Crippen molar-refractivity contribution in [2.75, 3.05) is 0 Å². The van der Waals surface area contributed by atoms with Crippen molar-refractivity contribution in [3.63, 3.8) is 0 Å². The minimum atomic E-state index is -0.182. The molecule has 0 bridgehead atoms. The van der Waals surface area contributed by atoms with Gasteiger partial charge in [-0.2, -0.15) is 17.7 Å². The maximum atomic E-state index is 6.77. The topological polar surface area (TPSA) is 35.9 Å². The van der Waals surface area contributed by atoms with Gasteiger partial charge in [-0.15, -0.1) is 29.7 Å². The molecule has 9 aromatic rings. The van der Waals surface area contributed by atoms with Crippen molar-refractivity contribution in [3.8, 4) is 28.7 Å². The van der Waals surface area contributed by atoms with Gasteiger partial charge >= 0.3 is 0 Å². The number of hydrogen-bond donors (Lipinski definition) is 0. The number of benzene rings is 6. The number of aromatic nitrogens is 4. The van der Waals surface area contributed by atoms with Gasteiger partial charge in [0.25, 0.3) is 6.33 Å². The average Bonchev–Trinajstić information content (AvgIpc) is 3.77. The van der Waals surface area contributed by atoms with E-state index in [0.717, 1.165) is 55.6 Å². The molecule has 9 rings (SSSR count). The Bertz CT molecular complexity index is 2980. The Labute approximate surface area is 362 Å². The molecule has 5 nitrogen and oxygen atoms in total. The molecule has 0 aliphatic heterocycles. The van der Waals surface area contributed by atoms with E-state index in [-0.39, 0.29) is 37.3 Å². The van der Waals surface area contributed by atoms with Crippen molar-refractivity contribution < 1.29 is 30.4 Å². The summed E-state index contributed by atoms with van der Waals surface area (Å²) >= 11 is 0. The van der Waals surface area contributed by atoms with Crippen molar-refractivity contribution in [2.24, 2.45) is 0 Å². The zero-order valence-electron chi connectivity index (χ0n) is 34.9. The van der Waals surface area contributed by atoms with E-state index < -0.39 is 0 Å². The molecule has 59 heavy (non-hydrogen) atoms. The fraction of sp³-hybridized carbons (Fsp3) is 0.208. The molecule has 3 heterocycles. The van der Waals surface area contributed by atoms with Crippen LogP contribution in [0.3, 0.4) is 0 Å². The number of fused-ring (bicyclic) bond motifs is 4. The minimum Gasteiger partial charge on any atom is -0.510 e. The summed E-state index contributed by atoms with van der Waals surface area (Å²) in [5.41, 5.74) is 10.4. The van der Waals surface area contributed by atoms with Crippen LogP contribution in [-0.2, 0) is 37.3 Å². The molecule has 0 radical (unpaired) electrons. The molecular weight excluding hydrogens is 904 g/mol. The van der Waals surface area contributed by atoms with Gasteiger partial charge in [0.2, 0.25) is 0 Å². The molecule has 0 aliphatic rings. The van der Waals surface area contributed by atoms with E-state index in [9.17, 15) is 0 Å². The summed E-state index contributed by atoms with van der Waals surface area (Å²) < 4.78 is 13.2. The number of pyridine rings is 1. The van der Waals surface area contributed by atoms with Crippen molar-refractivity contribution in [1.82, 2.24) is 14.1 Å². The smallest absolute Gasteiger partial charge is 0.268 e. The minimum absolute atomic E-state index is 0. The molecule has 0 unspecified atom stereocenters. The standard InChI is InChI=1S/C53H48N4O.Pt/c1-51(2,3)37-27-28-54-50(32-37)57-46-22-13-12-21-44(46)45-26-25-42(34-49(45)57)58-43-31-39(52(4,5)6)30-41(33-43)56-35-55(47-23-14-15-24-48(47)56)40-20-16-19-38(29-40)53(7,8)36-17-10-9-11-18-36;/h9-32H,1-8H3;/q-2;. The molecule has 6 aromatic carbocycles. The Balaban J connectivity index is 0.00000484. The van der Waals surface area contributed by atoms with Crippen molar-refractivity contribution in [1.29, 1.82) is 0 Å². The molecular formula is C53H48N4OPt-2. The van der Waals surface area contributed by atoms with E-state index in [1.165, 1.54) is 16.7 Å². The third kappa shape index (κ3) is 7.42. The number of nitrogens with zero attached hydrogens (tertiary/aromatic N) is 4. The zero-order chi connectivity index (χ0) is 40.4. The largest absolute Gasteiger partial charge is 0.510 e. The summed E-state index contributed by atoms with van der Waals surface area (Å²) in [7, 11) is 0. The van der Waals surface area contributed by atoms with E-state index in [1.807, 2.05) is 12.3 Å². The number of para-hydroxylation sites is 3. The molecule has 6 heteroatoms. The quantitative estimate of drug-likeness (QED) is 0.118. The number of rotatable bonds is 7. The molecule has 3 aromatic heterocycles. The molecule has 0 N–H and O–H groups in total. The Morgan fingerprint density at radius 3 is 2.02 bits per heavy atom. The number of ether oxygens (including phenoxy) is 1. The number of imidazole rings is 1. The summed E-state index contributed by atoms with van der Waals surface area (Å²) in [4.78, 5) is 4.86. The van der Waals surface area contributed by atoms with Crippen LogP contribution in [0.25, 0.3) is 50.0 Å². The molecule has 0 saturated carbocycles. The Kier molecular flexibility index (Phi) is 10.3. The van der Waals surface area contributed by atoms with Gasteiger partial charge < -0.3 is 13.9 Å².